The maximum atomic E-state index is 12.5. The van der Waals surface area contributed by atoms with Crippen LogP contribution < -0.4 is 27.4 Å². The number of rotatable bonds is 13. The van der Waals surface area contributed by atoms with E-state index in [1.807, 2.05) is 27.7 Å². The number of nitrogens with one attached hydrogen (secondary N) is 3. The van der Waals surface area contributed by atoms with Crippen LogP contribution in [0.5, 0.6) is 0 Å². The van der Waals surface area contributed by atoms with Crippen molar-refractivity contribution in [3.8, 4) is 0 Å². The Morgan fingerprint density at radius 2 is 1.27 bits per heavy atom. The van der Waals surface area contributed by atoms with Crippen LogP contribution in [0.2, 0.25) is 0 Å². The molecule has 0 radical (unpaired) electrons. The molecule has 0 aromatic rings. The molecule has 0 aromatic carbocycles. The second-order valence-electron chi connectivity index (χ2n) is 8.23. The minimum Gasteiger partial charge on any atom is -0.480 e. The fourth-order valence-electron chi connectivity index (χ4n) is 2.67. The molecular weight excluding hydrogens is 394 g/mol. The highest BCUT2D eigenvalue weighted by molar-refractivity contribution is 5.95. The van der Waals surface area contributed by atoms with E-state index in [0.717, 1.165) is 0 Å². The maximum Gasteiger partial charge on any atom is 0.326 e. The van der Waals surface area contributed by atoms with Crippen LogP contribution in [0, 0.1) is 11.8 Å². The maximum absolute atomic E-state index is 12.5. The van der Waals surface area contributed by atoms with E-state index in [-0.39, 0.29) is 18.3 Å². The smallest absolute Gasteiger partial charge is 0.326 e. The Kier molecular flexibility index (Phi) is 11.6. The highest BCUT2D eigenvalue weighted by Crippen LogP contribution is 2.06. The van der Waals surface area contributed by atoms with Crippen LogP contribution in [0.3, 0.4) is 0 Å². The van der Waals surface area contributed by atoms with Gasteiger partial charge >= 0.3 is 5.97 Å². The quantitative estimate of drug-likeness (QED) is 0.212. The van der Waals surface area contributed by atoms with Crippen molar-refractivity contribution in [2.24, 2.45) is 23.3 Å². The van der Waals surface area contributed by atoms with Gasteiger partial charge in [0.05, 0.1) is 12.5 Å². The summed E-state index contributed by atoms with van der Waals surface area (Å²) in [4.78, 5) is 59.6. The molecule has 4 unspecified atom stereocenters. The van der Waals surface area contributed by atoms with Gasteiger partial charge < -0.3 is 32.5 Å². The lowest BCUT2D eigenvalue weighted by molar-refractivity contribution is -0.142. The van der Waals surface area contributed by atoms with Gasteiger partial charge in [-0.2, -0.15) is 0 Å². The third-order valence-corrected chi connectivity index (χ3v) is 4.17. The van der Waals surface area contributed by atoms with Crippen LogP contribution >= 0.6 is 0 Å². The fourth-order valence-corrected chi connectivity index (χ4v) is 2.67. The van der Waals surface area contributed by atoms with E-state index in [1.165, 1.54) is 6.92 Å². The Labute approximate surface area is 176 Å². The molecule has 0 aliphatic rings. The minimum atomic E-state index is -1.31. The number of amides is 4. The Balaban J connectivity index is 5.08. The number of hydrogen-bond acceptors (Lipinski definition) is 6. The molecule has 11 nitrogen and oxygen atoms in total. The molecule has 0 bridgehead atoms. The lowest BCUT2D eigenvalue weighted by atomic mass is 10.0. The molecule has 11 heteroatoms. The standard InChI is InChI=1S/C19H35N5O6/c1-9(2)6-12(20)17(27)23-13(8-15(21)25)18(28)22-11(5)16(26)24-14(19(29)30)7-10(3)4/h9-14H,6-8,20H2,1-5H3,(H2,21,25)(H,22,28)(H,23,27)(H,24,26)(H,29,30). The van der Waals surface area contributed by atoms with Gasteiger partial charge in [0.15, 0.2) is 0 Å². The van der Waals surface area contributed by atoms with Crippen molar-refractivity contribution in [1.82, 2.24) is 16.0 Å². The lowest BCUT2D eigenvalue weighted by Gasteiger charge is -2.23. The molecule has 0 saturated carbocycles. The molecule has 4 amide bonds. The van der Waals surface area contributed by atoms with E-state index in [2.05, 4.69) is 16.0 Å². The molecule has 0 spiro atoms. The predicted octanol–water partition coefficient (Wildman–Crippen LogP) is -1.16. The second-order valence-corrected chi connectivity index (χ2v) is 8.23. The third kappa shape index (κ3) is 10.7. The number of carbonyl (C=O) groups excluding carboxylic acids is 4. The van der Waals surface area contributed by atoms with E-state index in [1.54, 1.807) is 0 Å². The zero-order chi connectivity index (χ0) is 23.6. The van der Waals surface area contributed by atoms with Crippen LogP contribution in [0.15, 0.2) is 0 Å². The van der Waals surface area contributed by atoms with E-state index < -0.39 is 60.2 Å². The summed E-state index contributed by atoms with van der Waals surface area (Å²) in [7, 11) is 0. The van der Waals surface area contributed by atoms with Gasteiger partial charge in [-0.1, -0.05) is 27.7 Å². The molecule has 0 heterocycles. The summed E-state index contributed by atoms with van der Waals surface area (Å²) < 4.78 is 0. The Morgan fingerprint density at radius 3 is 1.70 bits per heavy atom. The predicted molar refractivity (Wildman–Crippen MR) is 110 cm³/mol. The van der Waals surface area contributed by atoms with E-state index >= 15 is 0 Å². The van der Waals surface area contributed by atoms with Gasteiger partial charge in [0.25, 0.3) is 0 Å². The summed E-state index contributed by atoms with van der Waals surface area (Å²) in [6.45, 7) is 8.74. The Hall–Kier alpha value is -2.69. The molecule has 0 aliphatic carbocycles. The first-order chi connectivity index (χ1) is 13.7. The van der Waals surface area contributed by atoms with Crippen molar-refractivity contribution in [3.05, 3.63) is 0 Å². The highest BCUT2D eigenvalue weighted by Gasteiger charge is 2.29. The van der Waals surface area contributed by atoms with Gasteiger partial charge in [-0.25, -0.2) is 4.79 Å². The van der Waals surface area contributed by atoms with Crippen LogP contribution in [-0.2, 0) is 24.0 Å². The van der Waals surface area contributed by atoms with Gasteiger partial charge in [-0.15, -0.1) is 0 Å². The molecule has 0 aromatic heterocycles. The first-order valence-corrected chi connectivity index (χ1v) is 9.92. The number of carboxylic acid groups (broad SMARTS) is 1. The van der Waals surface area contributed by atoms with Gasteiger partial charge in [0, 0.05) is 0 Å². The van der Waals surface area contributed by atoms with Crippen molar-refractivity contribution in [3.63, 3.8) is 0 Å². The topological polar surface area (TPSA) is 194 Å². The average Bonchev–Trinajstić information content (AvgIpc) is 2.58. The molecular formula is C19H35N5O6. The number of carboxylic acids is 1. The zero-order valence-electron chi connectivity index (χ0n) is 18.2. The SMILES string of the molecule is CC(C)CC(N)C(=O)NC(CC(N)=O)C(=O)NC(C)C(=O)NC(CC(C)C)C(=O)O. The number of carbonyl (C=O) groups is 5. The second kappa shape index (κ2) is 12.8. The van der Waals surface area contributed by atoms with Gasteiger partial charge in [0.2, 0.25) is 23.6 Å². The summed E-state index contributed by atoms with van der Waals surface area (Å²) in [5.74, 6) is -3.98. The molecule has 0 fully saturated rings. The van der Waals surface area contributed by atoms with Gasteiger partial charge in [-0.3, -0.25) is 19.2 Å². The summed E-state index contributed by atoms with van der Waals surface area (Å²) in [6.07, 6.45) is 0.114. The fraction of sp³-hybridized carbons (Fsp3) is 0.737. The number of aliphatic carboxylic acids is 1. The zero-order valence-corrected chi connectivity index (χ0v) is 18.2. The van der Waals surface area contributed by atoms with Crippen LogP contribution in [0.25, 0.3) is 0 Å². The highest BCUT2D eigenvalue weighted by atomic mass is 16.4. The molecule has 172 valence electrons. The van der Waals surface area contributed by atoms with E-state index in [9.17, 15) is 29.1 Å². The summed E-state index contributed by atoms with van der Waals surface area (Å²) in [5.41, 5.74) is 10.9. The number of primary amides is 1. The average molecular weight is 430 g/mol. The first-order valence-electron chi connectivity index (χ1n) is 9.92. The lowest BCUT2D eigenvalue weighted by Crippen LogP contribution is -2.57. The Morgan fingerprint density at radius 1 is 0.767 bits per heavy atom. The summed E-state index contributed by atoms with van der Waals surface area (Å²) >= 11 is 0. The number of nitrogens with two attached hydrogens (primary N) is 2. The van der Waals surface area contributed by atoms with E-state index in [4.69, 9.17) is 11.5 Å². The first kappa shape index (κ1) is 27.3. The van der Waals surface area contributed by atoms with Crippen molar-refractivity contribution >= 4 is 29.6 Å². The molecule has 0 aliphatic heterocycles. The Bertz CT molecular complexity index is 637. The van der Waals surface area contributed by atoms with Gasteiger partial charge in [0.1, 0.15) is 18.1 Å². The van der Waals surface area contributed by atoms with Crippen molar-refractivity contribution < 1.29 is 29.1 Å². The summed E-state index contributed by atoms with van der Waals surface area (Å²) in [5, 5.41) is 16.3. The van der Waals surface area contributed by atoms with Crippen molar-refractivity contribution in [2.45, 2.75) is 78.0 Å². The van der Waals surface area contributed by atoms with Crippen LogP contribution in [-0.4, -0.2) is 58.9 Å². The number of hydrogen-bond donors (Lipinski definition) is 6. The molecule has 0 rings (SSSR count). The van der Waals surface area contributed by atoms with Gasteiger partial charge in [-0.05, 0) is 31.6 Å². The molecule has 0 saturated heterocycles. The summed E-state index contributed by atoms with van der Waals surface area (Å²) in [6, 6.07) is -4.40. The van der Waals surface area contributed by atoms with E-state index in [0.29, 0.717) is 6.42 Å². The molecule has 4 atom stereocenters. The van der Waals surface area contributed by atoms with Crippen LogP contribution in [0.1, 0.15) is 53.9 Å². The molecule has 8 N–H and O–H groups in total. The molecule has 30 heavy (non-hydrogen) atoms. The van der Waals surface area contributed by atoms with Crippen molar-refractivity contribution in [1.29, 1.82) is 0 Å². The normalized spacial score (nSPS) is 15.1. The minimum absolute atomic E-state index is 0.0292. The van der Waals surface area contributed by atoms with Crippen molar-refractivity contribution in [2.75, 3.05) is 0 Å². The largest absolute Gasteiger partial charge is 0.480 e. The third-order valence-electron chi connectivity index (χ3n) is 4.17. The monoisotopic (exact) mass is 429 g/mol. The van der Waals surface area contributed by atoms with Crippen LogP contribution in [0.4, 0.5) is 0 Å².